The maximum Gasteiger partial charge on any atom is 0.233 e. The Balaban J connectivity index is 2.10. The van der Waals surface area contributed by atoms with Crippen LogP contribution in [0, 0.1) is 0 Å². The van der Waals surface area contributed by atoms with Crippen molar-refractivity contribution in [3.05, 3.63) is 59.2 Å². The van der Waals surface area contributed by atoms with Crippen molar-refractivity contribution in [3.8, 4) is 0 Å². The van der Waals surface area contributed by atoms with Gasteiger partial charge in [-0.05, 0) is 29.8 Å². The van der Waals surface area contributed by atoms with Gasteiger partial charge in [0.1, 0.15) is 5.58 Å². The summed E-state index contributed by atoms with van der Waals surface area (Å²) in [5, 5.41) is 0.964. The van der Waals surface area contributed by atoms with E-state index in [1.165, 1.54) is 12.3 Å². The van der Waals surface area contributed by atoms with Crippen LogP contribution in [0.15, 0.2) is 51.5 Å². The second kappa shape index (κ2) is 3.79. The standard InChI is InChI=1S/C13H7ClO3/c14-13-9(5-6-16-13)12(15)11-7-8-3-1-2-4-10(8)17-11/h1-7H. The van der Waals surface area contributed by atoms with Crippen molar-refractivity contribution in [2.45, 2.75) is 0 Å². The lowest BCUT2D eigenvalue weighted by Gasteiger charge is -1.92. The van der Waals surface area contributed by atoms with Gasteiger partial charge in [-0.3, -0.25) is 4.79 Å². The molecule has 0 spiro atoms. The Kier molecular flexibility index (Phi) is 2.27. The van der Waals surface area contributed by atoms with E-state index in [0.29, 0.717) is 11.1 Å². The van der Waals surface area contributed by atoms with Crippen molar-refractivity contribution in [3.63, 3.8) is 0 Å². The average Bonchev–Trinajstić information content (AvgIpc) is 2.93. The van der Waals surface area contributed by atoms with Gasteiger partial charge in [0.2, 0.25) is 11.0 Å². The highest BCUT2D eigenvalue weighted by Gasteiger charge is 2.18. The molecular weight excluding hydrogens is 240 g/mol. The molecule has 0 radical (unpaired) electrons. The fourth-order valence-corrected chi connectivity index (χ4v) is 1.88. The Morgan fingerprint density at radius 3 is 2.71 bits per heavy atom. The number of ketones is 1. The van der Waals surface area contributed by atoms with Crippen LogP contribution in [0.4, 0.5) is 0 Å². The molecule has 2 heterocycles. The van der Waals surface area contributed by atoms with Crippen LogP contribution in [0.2, 0.25) is 5.22 Å². The van der Waals surface area contributed by atoms with E-state index in [0.717, 1.165) is 5.39 Å². The summed E-state index contributed by atoms with van der Waals surface area (Å²) in [6.45, 7) is 0. The zero-order chi connectivity index (χ0) is 11.8. The second-order valence-electron chi connectivity index (χ2n) is 3.59. The van der Waals surface area contributed by atoms with Crippen molar-refractivity contribution in [2.75, 3.05) is 0 Å². The van der Waals surface area contributed by atoms with Gasteiger partial charge >= 0.3 is 0 Å². The minimum atomic E-state index is -0.278. The molecule has 84 valence electrons. The number of fused-ring (bicyclic) bond motifs is 1. The van der Waals surface area contributed by atoms with Crippen molar-refractivity contribution in [1.29, 1.82) is 0 Å². The third-order valence-corrected chi connectivity index (χ3v) is 2.80. The Bertz CT molecular complexity index is 660. The largest absolute Gasteiger partial charge is 0.453 e. The van der Waals surface area contributed by atoms with Crippen LogP contribution < -0.4 is 0 Å². The fraction of sp³-hybridized carbons (Fsp3) is 0. The molecule has 0 saturated heterocycles. The number of rotatable bonds is 2. The Morgan fingerprint density at radius 1 is 1.18 bits per heavy atom. The summed E-state index contributed by atoms with van der Waals surface area (Å²) in [7, 11) is 0. The van der Waals surface area contributed by atoms with Crippen LogP contribution >= 0.6 is 11.6 Å². The van der Waals surface area contributed by atoms with Crippen LogP contribution in [0.3, 0.4) is 0 Å². The number of para-hydroxylation sites is 1. The summed E-state index contributed by atoms with van der Waals surface area (Å²) in [4.78, 5) is 12.1. The number of benzene rings is 1. The number of halogens is 1. The molecule has 1 aromatic carbocycles. The summed E-state index contributed by atoms with van der Waals surface area (Å²) in [5.74, 6) is -0.0190. The van der Waals surface area contributed by atoms with E-state index in [1.54, 1.807) is 6.07 Å². The zero-order valence-corrected chi connectivity index (χ0v) is 9.40. The van der Waals surface area contributed by atoms with E-state index in [9.17, 15) is 4.79 Å². The van der Waals surface area contributed by atoms with Gasteiger partial charge in [0, 0.05) is 5.39 Å². The van der Waals surface area contributed by atoms with E-state index < -0.39 is 0 Å². The fourth-order valence-electron chi connectivity index (χ4n) is 1.68. The highest BCUT2D eigenvalue weighted by atomic mass is 35.5. The summed E-state index contributed by atoms with van der Waals surface area (Å²) < 4.78 is 10.3. The molecule has 0 atom stereocenters. The van der Waals surface area contributed by atoms with E-state index in [1.807, 2.05) is 24.3 Å². The molecule has 0 aliphatic carbocycles. The number of hydrogen-bond donors (Lipinski definition) is 0. The Labute approximate surface area is 102 Å². The van der Waals surface area contributed by atoms with Gasteiger partial charge in [0.25, 0.3) is 0 Å². The van der Waals surface area contributed by atoms with E-state index >= 15 is 0 Å². The lowest BCUT2D eigenvalue weighted by molar-refractivity contribution is 0.101. The maximum absolute atomic E-state index is 12.1. The second-order valence-corrected chi connectivity index (χ2v) is 3.93. The molecular formula is C13H7ClO3. The third-order valence-electron chi connectivity index (χ3n) is 2.51. The Morgan fingerprint density at radius 2 is 2.00 bits per heavy atom. The molecule has 0 saturated carbocycles. The quantitative estimate of drug-likeness (QED) is 0.644. The first-order valence-corrected chi connectivity index (χ1v) is 5.40. The molecule has 3 rings (SSSR count). The predicted molar refractivity (Wildman–Crippen MR) is 63.4 cm³/mol. The molecule has 0 bridgehead atoms. The summed E-state index contributed by atoms with van der Waals surface area (Å²) in [5.41, 5.74) is 0.987. The van der Waals surface area contributed by atoms with Gasteiger partial charge in [-0.15, -0.1) is 0 Å². The molecule has 0 aliphatic heterocycles. The molecule has 17 heavy (non-hydrogen) atoms. The van der Waals surface area contributed by atoms with Crippen molar-refractivity contribution < 1.29 is 13.6 Å². The number of carbonyl (C=O) groups is 1. The van der Waals surface area contributed by atoms with E-state index in [4.69, 9.17) is 20.4 Å². The van der Waals surface area contributed by atoms with E-state index in [-0.39, 0.29) is 16.8 Å². The molecule has 0 aliphatic rings. The van der Waals surface area contributed by atoms with Gasteiger partial charge in [0.15, 0.2) is 5.76 Å². The zero-order valence-electron chi connectivity index (χ0n) is 8.64. The smallest absolute Gasteiger partial charge is 0.233 e. The lowest BCUT2D eigenvalue weighted by Crippen LogP contribution is -1.97. The first kappa shape index (κ1) is 10.2. The van der Waals surface area contributed by atoms with Crippen LogP contribution in [-0.4, -0.2) is 5.78 Å². The van der Waals surface area contributed by atoms with E-state index in [2.05, 4.69) is 0 Å². The normalized spacial score (nSPS) is 10.9. The van der Waals surface area contributed by atoms with Gasteiger partial charge in [-0.1, -0.05) is 18.2 Å². The minimum absolute atomic E-state index is 0.0791. The lowest BCUT2D eigenvalue weighted by atomic mass is 10.1. The van der Waals surface area contributed by atoms with Gasteiger partial charge in [-0.25, -0.2) is 0 Å². The first-order valence-electron chi connectivity index (χ1n) is 5.02. The SMILES string of the molecule is O=C(c1cc2ccccc2o1)c1ccoc1Cl. The predicted octanol–water partition coefficient (Wildman–Crippen LogP) is 3.91. The Hall–Kier alpha value is -2.00. The summed E-state index contributed by atoms with van der Waals surface area (Å²) >= 11 is 5.75. The van der Waals surface area contributed by atoms with Gasteiger partial charge < -0.3 is 8.83 Å². The van der Waals surface area contributed by atoms with Crippen LogP contribution in [0.25, 0.3) is 11.0 Å². The van der Waals surface area contributed by atoms with Crippen LogP contribution in [-0.2, 0) is 0 Å². The number of carbonyl (C=O) groups excluding carboxylic acids is 1. The number of furan rings is 2. The number of hydrogen-bond acceptors (Lipinski definition) is 3. The molecule has 3 nitrogen and oxygen atoms in total. The van der Waals surface area contributed by atoms with Crippen LogP contribution in [0.1, 0.15) is 16.1 Å². The highest BCUT2D eigenvalue weighted by molar-refractivity contribution is 6.33. The van der Waals surface area contributed by atoms with Crippen molar-refractivity contribution >= 4 is 28.4 Å². The molecule has 0 N–H and O–H groups in total. The molecule has 0 unspecified atom stereocenters. The maximum atomic E-state index is 12.1. The molecule has 4 heteroatoms. The molecule has 0 amide bonds. The molecule has 0 fully saturated rings. The molecule has 3 aromatic rings. The monoisotopic (exact) mass is 246 g/mol. The topological polar surface area (TPSA) is 43.4 Å². The first-order chi connectivity index (χ1) is 8.25. The summed E-state index contributed by atoms with van der Waals surface area (Å²) in [6.07, 6.45) is 1.37. The van der Waals surface area contributed by atoms with Crippen molar-refractivity contribution in [1.82, 2.24) is 0 Å². The molecule has 2 aromatic heterocycles. The van der Waals surface area contributed by atoms with Gasteiger partial charge in [0.05, 0.1) is 11.8 Å². The highest BCUT2D eigenvalue weighted by Crippen LogP contribution is 2.24. The summed E-state index contributed by atoms with van der Waals surface area (Å²) in [6, 6.07) is 10.6. The van der Waals surface area contributed by atoms with Crippen LogP contribution in [0.5, 0.6) is 0 Å². The minimum Gasteiger partial charge on any atom is -0.453 e. The average molecular weight is 247 g/mol. The van der Waals surface area contributed by atoms with Gasteiger partial charge in [-0.2, -0.15) is 0 Å². The third kappa shape index (κ3) is 1.65. The van der Waals surface area contributed by atoms with Crippen molar-refractivity contribution in [2.24, 2.45) is 0 Å².